The molecular formula is C20H24N2O3. The second kappa shape index (κ2) is 8.65. The van der Waals surface area contributed by atoms with Gasteiger partial charge < -0.3 is 15.2 Å². The Kier molecular flexibility index (Phi) is 6.04. The van der Waals surface area contributed by atoms with E-state index < -0.39 is 5.91 Å². The summed E-state index contributed by atoms with van der Waals surface area (Å²) in [5, 5.41) is 0. The van der Waals surface area contributed by atoms with Crippen molar-refractivity contribution >= 4 is 5.91 Å². The predicted octanol–water partition coefficient (Wildman–Crippen LogP) is 2.55. The highest BCUT2D eigenvalue weighted by Crippen LogP contribution is 2.23. The lowest BCUT2D eigenvalue weighted by Crippen LogP contribution is -2.37. The molecule has 0 spiro atoms. The SMILES string of the molecule is NC(=O)c1ccc(-c2ccc(OCCCN3CCOCC3)cc2)cc1. The van der Waals surface area contributed by atoms with Crippen molar-refractivity contribution < 1.29 is 14.3 Å². The largest absolute Gasteiger partial charge is 0.494 e. The maximum absolute atomic E-state index is 11.1. The van der Waals surface area contributed by atoms with Gasteiger partial charge in [0.2, 0.25) is 5.91 Å². The molecule has 0 aliphatic carbocycles. The van der Waals surface area contributed by atoms with Crippen LogP contribution in [-0.4, -0.2) is 50.3 Å². The van der Waals surface area contributed by atoms with Crippen LogP contribution in [0.4, 0.5) is 0 Å². The summed E-state index contributed by atoms with van der Waals surface area (Å²) in [7, 11) is 0. The lowest BCUT2D eigenvalue weighted by atomic mass is 10.0. The van der Waals surface area contributed by atoms with Crippen molar-refractivity contribution in [1.82, 2.24) is 4.90 Å². The van der Waals surface area contributed by atoms with Gasteiger partial charge in [-0.15, -0.1) is 0 Å². The van der Waals surface area contributed by atoms with E-state index in [1.165, 1.54) is 0 Å². The van der Waals surface area contributed by atoms with Crippen LogP contribution in [0.15, 0.2) is 48.5 Å². The monoisotopic (exact) mass is 340 g/mol. The number of carbonyl (C=O) groups excluding carboxylic acids is 1. The molecule has 2 N–H and O–H groups in total. The van der Waals surface area contributed by atoms with Crippen LogP contribution in [0.5, 0.6) is 5.75 Å². The highest BCUT2D eigenvalue weighted by Gasteiger charge is 2.09. The third kappa shape index (κ3) is 5.05. The molecule has 3 rings (SSSR count). The Bertz CT molecular complexity index is 677. The molecular weight excluding hydrogens is 316 g/mol. The minimum Gasteiger partial charge on any atom is -0.494 e. The van der Waals surface area contributed by atoms with Gasteiger partial charge in [-0.2, -0.15) is 0 Å². The maximum atomic E-state index is 11.1. The minimum atomic E-state index is -0.410. The smallest absolute Gasteiger partial charge is 0.248 e. The third-order valence-corrected chi connectivity index (χ3v) is 4.35. The summed E-state index contributed by atoms with van der Waals surface area (Å²) in [4.78, 5) is 13.5. The number of morpholine rings is 1. The third-order valence-electron chi connectivity index (χ3n) is 4.35. The van der Waals surface area contributed by atoms with Crippen LogP contribution in [0.25, 0.3) is 11.1 Å². The second-order valence-corrected chi connectivity index (χ2v) is 6.12. The van der Waals surface area contributed by atoms with Gasteiger partial charge in [0.1, 0.15) is 5.75 Å². The fourth-order valence-corrected chi connectivity index (χ4v) is 2.87. The number of nitrogens with two attached hydrogens (primary N) is 1. The van der Waals surface area contributed by atoms with Gasteiger partial charge in [-0.1, -0.05) is 24.3 Å². The van der Waals surface area contributed by atoms with Crippen molar-refractivity contribution in [3.05, 3.63) is 54.1 Å². The van der Waals surface area contributed by atoms with Crippen LogP contribution in [0.1, 0.15) is 16.8 Å². The van der Waals surface area contributed by atoms with Crippen molar-refractivity contribution in [3.63, 3.8) is 0 Å². The van der Waals surface area contributed by atoms with E-state index >= 15 is 0 Å². The molecule has 0 radical (unpaired) electrons. The summed E-state index contributed by atoms with van der Waals surface area (Å²) in [6.07, 6.45) is 1.01. The Morgan fingerprint density at radius 2 is 1.60 bits per heavy atom. The zero-order valence-corrected chi connectivity index (χ0v) is 14.3. The average Bonchev–Trinajstić information content (AvgIpc) is 2.67. The summed E-state index contributed by atoms with van der Waals surface area (Å²) < 4.78 is 11.2. The molecule has 2 aromatic carbocycles. The van der Waals surface area contributed by atoms with E-state index in [4.69, 9.17) is 15.2 Å². The summed E-state index contributed by atoms with van der Waals surface area (Å²) in [6, 6.07) is 15.3. The van der Waals surface area contributed by atoms with Crippen molar-refractivity contribution in [2.75, 3.05) is 39.5 Å². The van der Waals surface area contributed by atoms with E-state index in [-0.39, 0.29) is 0 Å². The van der Waals surface area contributed by atoms with E-state index in [1.54, 1.807) is 12.1 Å². The van der Waals surface area contributed by atoms with Crippen LogP contribution in [0, 0.1) is 0 Å². The fraction of sp³-hybridized carbons (Fsp3) is 0.350. The van der Waals surface area contributed by atoms with Crippen LogP contribution in [0.2, 0.25) is 0 Å². The molecule has 0 unspecified atom stereocenters. The second-order valence-electron chi connectivity index (χ2n) is 6.12. The van der Waals surface area contributed by atoms with E-state index in [0.717, 1.165) is 56.1 Å². The number of hydrogen-bond donors (Lipinski definition) is 1. The number of primary amides is 1. The fourth-order valence-electron chi connectivity index (χ4n) is 2.87. The van der Waals surface area contributed by atoms with Crippen LogP contribution >= 0.6 is 0 Å². The Hall–Kier alpha value is -2.37. The number of nitrogens with zero attached hydrogens (tertiary/aromatic N) is 1. The standard InChI is InChI=1S/C20H24N2O3/c21-20(23)18-4-2-16(3-5-18)17-6-8-19(9-7-17)25-13-1-10-22-11-14-24-15-12-22/h2-9H,1,10-15H2,(H2,21,23). The van der Waals surface area contributed by atoms with Crippen LogP contribution < -0.4 is 10.5 Å². The number of amides is 1. The first kappa shape index (κ1) is 17.5. The molecule has 1 heterocycles. The zero-order valence-electron chi connectivity index (χ0n) is 14.3. The van der Waals surface area contributed by atoms with Crippen LogP contribution in [0.3, 0.4) is 0 Å². The molecule has 25 heavy (non-hydrogen) atoms. The normalized spacial score (nSPS) is 15.0. The molecule has 1 saturated heterocycles. The highest BCUT2D eigenvalue weighted by atomic mass is 16.5. The molecule has 0 bridgehead atoms. The molecule has 0 atom stereocenters. The van der Waals surface area contributed by atoms with E-state index in [9.17, 15) is 4.79 Å². The quantitative estimate of drug-likeness (QED) is 0.787. The van der Waals surface area contributed by atoms with E-state index in [2.05, 4.69) is 4.90 Å². The highest BCUT2D eigenvalue weighted by molar-refractivity contribution is 5.93. The molecule has 1 aliphatic heterocycles. The number of hydrogen-bond acceptors (Lipinski definition) is 4. The molecule has 0 saturated carbocycles. The van der Waals surface area contributed by atoms with Crippen molar-refractivity contribution in [2.45, 2.75) is 6.42 Å². The molecule has 2 aromatic rings. The van der Waals surface area contributed by atoms with Gasteiger partial charge in [0.05, 0.1) is 19.8 Å². The van der Waals surface area contributed by atoms with Gasteiger partial charge in [0.25, 0.3) is 0 Å². The molecule has 1 amide bonds. The Labute approximate surface area is 148 Å². The summed E-state index contributed by atoms with van der Waals surface area (Å²) in [6.45, 7) is 5.47. The summed E-state index contributed by atoms with van der Waals surface area (Å²) in [5.74, 6) is 0.465. The first-order chi connectivity index (χ1) is 12.2. The van der Waals surface area contributed by atoms with Crippen molar-refractivity contribution in [3.8, 4) is 16.9 Å². The van der Waals surface area contributed by atoms with Crippen LogP contribution in [-0.2, 0) is 4.74 Å². The van der Waals surface area contributed by atoms with Crippen molar-refractivity contribution in [1.29, 1.82) is 0 Å². The van der Waals surface area contributed by atoms with E-state index in [1.807, 2.05) is 36.4 Å². The molecule has 0 aromatic heterocycles. The first-order valence-corrected chi connectivity index (χ1v) is 8.65. The number of carbonyl (C=O) groups is 1. The maximum Gasteiger partial charge on any atom is 0.248 e. The molecule has 5 heteroatoms. The van der Waals surface area contributed by atoms with Gasteiger partial charge in [-0.3, -0.25) is 9.69 Å². The summed E-state index contributed by atoms with van der Waals surface area (Å²) >= 11 is 0. The minimum absolute atomic E-state index is 0.410. The molecule has 1 fully saturated rings. The van der Waals surface area contributed by atoms with Gasteiger partial charge in [0, 0.05) is 25.2 Å². The lowest BCUT2D eigenvalue weighted by Gasteiger charge is -2.26. The lowest BCUT2D eigenvalue weighted by molar-refractivity contribution is 0.0358. The van der Waals surface area contributed by atoms with Gasteiger partial charge >= 0.3 is 0 Å². The Morgan fingerprint density at radius 3 is 2.20 bits per heavy atom. The number of rotatable bonds is 7. The molecule has 5 nitrogen and oxygen atoms in total. The first-order valence-electron chi connectivity index (χ1n) is 8.65. The molecule has 1 aliphatic rings. The molecule has 132 valence electrons. The Balaban J connectivity index is 1.47. The number of ether oxygens (including phenoxy) is 2. The predicted molar refractivity (Wildman–Crippen MR) is 97.8 cm³/mol. The van der Waals surface area contributed by atoms with Crippen molar-refractivity contribution in [2.24, 2.45) is 5.73 Å². The average molecular weight is 340 g/mol. The van der Waals surface area contributed by atoms with Gasteiger partial charge in [0.15, 0.2) is 0 Å². The zero-order chi connectivity index (χ0) is 17.5. The topological polar surface area (TPSA) is 64.8 Å². The Morgan fingerprint density at radius 1 is 1.00 bits per heavy atom. The van der Waals surface area contributed by atoms with Gasteiger partial charge in [-0.25, -0.2) is 0 Å². The number of benzene rings is 2. The van der Waals surface area contributed by atoms with E-state index in [0.29, 0.717) is 12.2 Å². The summed E-state index contributed by atoms with van der Waals surface area (Å²) in [5.41, 5.74) is 7.91. The van der Waals surface area contributed by atoms with Gasteiger partial charge in [-0.05, 0) is 41.8 Å².